The monoisotopic (exact) mass is 907 g/mol. The lowest BCUT2D eigenvalue weighted by Crippen LogP contribution is -2.46. The van der Waals surface area contributed by atoms with E-state index < -0.39 is 84.6 Å². The van der Waals surface area contributed by atoms with Crippen LogP contribution in [0.1, 0.15) is 65.5 Å². The van der Waals surface area contributed by atoms with Crippen LogP contribution in [-0.2, 0) is 55.5 Å². The number of phosphoric acid groups is 3. The number of nitrogens with one attached hydrogen (secondary N) is 2. The lowest BCUT2D eigenvalue weighted by atomic mass is 9.87. The van der Waals surface area contributed by atoms with Crippen molar-refractivity contribution in [3.63, 3.8) is 0 Å². The van der Waals surface area contributed by atoms with Crippen LogP contribution in [0.25, 0.3) is 11.2 Å². The Kier molecular flexibility index (Phi) is 18.5. The zero-order valence-electron chi connectivity index (χ0n) is 31.5. The molecule has 2 aromatic heterocycles. The molecule has 0 aliphatic carbocycles. The molecule has 29 heteroatoms. The Bertz CT molecular complexity index is 1900. The number of rotatable bonds is 25. The number of nitrogen functional groups attached to an aromatic ring is 1. The number of fused-ring (bicyclic) bond motifs is 1. The minimum atomic E-state index is -5.58. The maximum atomic E-state index is 12.7. The number of ether oxygens (including phenoxy) is 1. The molecule has 2 aromatic rings. The van der Waals surface area contributed by atoms with E-state index in [4.69, 9.17) is 19.5 Å². The largest absolute Gasteiger partial charge is 0.481 e. The normalized spacial score (nSPS) is 21.3. The number of imidazole rings is 1. The molecule has 2 amide bonds. The predicted octanol–water partition coefficient (Wildman–Crippen LogP) is 0.204. The number of thioether (sulfide) groups is 1. The van der Waals surface area contributed by atoms with Gasteiger partial charge in [0, 0.05) is 43.5 Å². The minimum absolute atomic E-state index is 0.0268. The van der Waals surface area contributed by atoms with Crippen LogP contribution in [0.15, 0.2) is 12.7 Å². The molecule has 3 heterocycles. The second-order valence-corrected chi connectivity index (χ2v) is 18.9. The van der Waals surface area contributed by atoms with Gasteiger partial charge in [0.25, 0.3) is 0 Å². The van der Waals surface area contributed by atoms with E-state index >= 15 is 0 Å². The van der Waals surface area contributed by atoms with Gasteiger partial charge in [0.1, 0.15) is 42.0 Å². The quantitative estimate of drug-likeness (QED) is 0.0475. The molecule has 25 nitrogen and oxygen atoms in total. The molecule has 10 N–H and O–H groups in total. The summed E-state index contributed by atoms with van der Waals surface area (Å²) in [5, 5.41) is 26.3. The molecular weight excluding hydrogens is 859 g/mol. The van der Waals surface area contributed by atoms with Crippen molar-refractivity contribution in [3.05, 3.63) is 12.7 Å². The van der Waals surface area contributed by atoms with Gasteiger partial charge in [-0.05, 0) is 19.8 Å². The molecular formula is C29H48N7O18P3S. The van der Waals surface area contributed by atoms with Crippen molar-refractivity contribution in [2.75, 3.05) is 37.8 Å². The second-order valence-electron chi connectivity index (χ2n) is 13.6. The number of ketones is 1. The molecule has 0 aromatic carbocycles. The third kappa shape index (κ3) is 16.0. The van der Waals surface area contributed by atoms with Crippen molar-refractivity contribution < 1.29 is 85.3 Å². The van der Waals surface area contributed by atoms with E-state index in [1.54, 1.807) is 0 Å². The van der Waals surface area contributed by atoms with Crippen LogP contribution < -0.4 is 16.4 Å². The number of Topliss-reactive ketones (excluding diaryl/α,β-unsaturated/α-hetero) is 1. The van der Waals surface area contributed by atoms with Crippen LogP contribution in [0.4, 0.5) is 5.82 Å². The Labute approximate surface area is 335 Å². The maximum Gasteiger partial charge on any atom is 0.481 e. The molecule has 1 saturated heterocycles. The minimum Gasteiger partial charge on any atom is -0.386 e. The van der Waals surface area contributed by atoms with Gasteiger partial charge in [-0.15, -0.1) is 0 Å². The van der Waals surface area contributed by atoms with Crippen molar-refractivity contribution in [1.29, 1.82) is 0 Å². The Hall–Kier alpha value is -2.77. The van der Waals surface area contributed by atoms with Gasteiger partial charge in [0.05, 0.1) is 19.5 Å². The first-order valence-electron chi connectivity index (χ1n) is 17.5. The fourth-order valence-electron chi connectivity index (χ4n) is 5.19. The summed E-state index contributed by atoms with van der Waals surface area (Å²) in [4.78, 5) is 98.5. The summed E-state index contributed by atoms with van der Waals surface area (Å²) in [5.41, 5.74) is 4.24. The average Bonchev–Trinajstić information content (AvgIpc) is 3.67. The number of aromatic nitrogens is 4. The van der Waals surface area contributed by atoms with Gasteiger partial charge >= 0.3 is 23.5 Å². The smallest absolute Gasteiger partial charge is 0.386 e. The van der Waals surface area contributed by atoms with Crippen molar-refractivity contribution in [1.82, 2.24) is 30.2 Å². The van der Waals surface area contributed by atoms with Gasteiger partial charge in [0.15, 0.2) is 22.8 Å². The Morgan fingerprint density at radius 1 is 0.983 bits per heavy atom. The number of aliphatic hydroxyl groups excluding tert-OH is 2. The van der Waals surface area contributed by atoms with E-state index in [9.17, 15) is 62.7 Å². The van der Waals surface area contributed by atoms with Crippen molar-refractivity contribution in [2.45, 2.75) is 89.9 Å². The van der Waals surface area contributed by atoms with Crippen molar-refractivity contribution >= 4 is 74.9 Å². The molecule has 0 spiro atoms. The highest BCUT2D eigenvalue weighted by Crippen LogP contribution is 2.61. The van der Waals surface area contributed by atoms with E-state index in [-0.39, 0.29) is 47.4 Å². The van der Waals surface area contributed by atoms with Gasteiger partial charge in [-0.25, -0.2) is 28.6 Å². The van der Waals surface area contributed by atoms with Gasteiger partial charge in [0.2, 0.25) is 11.8 Å². The molecule has 3 rings (SSSR count). The summed E-state index contributed by atoms with van der Waals surface area (Å²) in [6.07, 6.45) is -3.95. The van der Waals surface area contributed by atoms with Crippen molar-refractivity contribution in [3.8, 4) is 0 Å². The van der Waals surface area contributed by atoms with Crippen LogP contribution >= 0.6 is 35.2 Å². The average molecular weight is 908 g/mol. The topological polar surface area (TPSA) is 381 Å². The molecule has 0 bridgehead atoms. The highest BCUT2D eigenvalue weighted by Gasteiger charge is 2.50. The van der Waals surface area contributed by atoms with E-state index in [1.807, 2.05) is 0 Å². The number of carbonyl (C=O) groups is 4. The molecule has 7 atom stereocenters. The fourth-order valence-corrected chi connectivity index (χ4v) is 8.74. The zero-order chi connectivity index (χ0) is 43.5. The Morgan fingerprint density at radius 2 is 1.66 bits per heavy atom. The predicted molar refractivity (Wildman–Crippen MR) is 201 cm³/mol. The number of hydrogen-bond acceptors (Lipinski definition) is 19. The van der Waals surface area contributed by atoms with Crippen LogP contribution in [0.3, 0.4) is 0 Å². The van der Waals surface area contributed by atoms with Gasteiger partial charge in [-0.2, -0.15) is 4.31 Å². The van der Waals surface area contributed by atoms with E-state index in [1.165, 1.54) is 20.8 Å². The van der Waals surface area contributed by atoms with Crippen LogP contribution in [0.5, 0.6) is 0 Å². The summed E-state index contributed by atoms with van der Waals surface area (Å²) in [6.45, 7) is 1.96. The molecule has 58 heavy (non-hydrogen) atoms. The number of nitrogens with two attached hydrogens (primary N) is 1. The third-order valence-electron chi connectivity index (χ3n) is 8.17. The number of phosphoric ester groups is 3. The van der Waals surface area contributed by atoms with Gasteiger partial charge in [-0.3, -0.25) is 32.5 Å². The maximum absolute atomic E-state index is 12.7. The summed E-state index contributed by atoms with van der Waals surface area (Å²) in [5.74, 6) is -1.04. The summed E-state index contributed by atoms with van der Waals surface area (Å²) in [7, 11) is -16.4. The first-order chi connectivity index (χ1) is 26.9. The lowest BCUT2D eigenvalue weighted by molar-refractivity contribution is -0.137. The molecule has 7 unspecified atom stereocenters. The second kappa shape index (κ2) is 21.7. The number of unbranched alkanes of at least 4 members (excludes halogenated alkanes) is 2. The lowest BCUT2D eigenvalue weighted by Gasteiger charge is -2.30. The number of amides is 2. The van der Waals surface area contributed by atoms with Crippen LogP contribution in [0.2, 0.25) is 0 Å². The SMILES string of the molecule is CC(=O)CCCCCC(=O)SCCNC(=O)CCNC(=O)C(O)C(C)(C)COP(=O)(O)OP(=O)(O)OCC1OC(n2cnc3c(N)ncnc32)C(O)C1OP(=O)(O)O. The standard InChI is InChI=1S/C29H48N7O18P3S/c1-17(37)7-5-4-6-8-20(39)58-12-11-31-19(38)9-10-32-27(42)24(41)29(2,3)14-51-57(48,49)54-56(46,47)50-13-18-23(53-55(43,44)45)22(40)28(52-18)36-16-35-21-25(30)33-15-34-26(21)36/h15-16,18,22-24,28,40-41H,4-14H2,1-3H3,(H,31,38)(H,32,42)(H,46,47)(H,48,49)(H2,30,33,34)(H2,43,44,45). The van der Waals surface area contributed by atoms with Crippen molar-refractivity contribution in [2.24, 2.45) is 5.41 Å². The molecule has 0 saturated carbocycles. The first-order valence-corrected chi connectivity index (χ1v) is 23.0. The molecule has 1 fully saturated rings. The highest BCUT2D eigenvalue weighted by molar-refractivity contribution is 8.13. The van der Waals surface area contributed by atoms with Gasteiger partial charge < -0.3 is 55.7 Å². The first kappa shape index (κ1) is 49.6. The van der Waals surface area contributed by atoms with Gasteiger partial charge in [-0.1, -0.05) is 32.0 Å². The Morgan fingerprint density at radius 3 is 2.33 bits per heavy atom. The number of nitrogens with zero attached hydrogens (tertiary/aromatic N) is 4. The highest BCUT2D eigenvalue weighted by atomic mass is 32.2. The molecule has 328 valence electrons. The molecule has 1 aliphatic rings. The summed E-state index contributed by atoms with van der Waals surface area (Å²) >= 11 is 1.07. The number of carbonyl (C=O) groups excluding carboxylic acids is 4. The summed E-state index contributed by atoms with van der Waals surface area (Å²) < 4.78 is 62.1. The zero-order valence-corrected chi connectivity index (χ0v) is 35.0. The molecule has 1 aliphatic heterocycles. The number of aliphatic hydroxyl groups is 2. The van der Waals surface area contributed by atoms with Crippen LogP contribution in [0, 0.1) is 5.41 Å². The third-order valence-corrected chi connectivity index (χ3v) is 12.2. The van der Waals surface area contributed by atoms with E-state index in [0.717, 1.165) is 41.8 Å². The van der Waals surface area contributed by atoms with Crippen LogP contribution in [-0.4, -0.2) is 128 Å². The Balaban J connectivity index is 1.44. The fraction of sp³-hybridized carbons (Fsp3) is 0.690. The summed E-state index contributed by atoms with van der Waals surface area (Å²) in [6, 6.07) is 0. The molecule has 0 radical (unpaired) electrons. The number of hydrogen-bond donors (Lipinski definition) is 9. The van der Waals surface area contributed by atoms with E-state index in [0.29, 0.717) is 25.0 Å². The number of anilines is 1. The van der Waals surface area contributed by atoms with E-state index in [2.05, 4.69) is 34.4 Å².